The first-order valence-corrected chi connectivity index (χ1v) is 7.95. The SMILES string of the molecule is CC1CCCN(S(=O)(=O)NC(C(=N)N)C2CC2)C1. The van der Waals surface area contributed by atoms with E-state index in [4.69, 9.17) is 11.1 Å². The second kappa shape index (κ2) is 5.14. The van der Waals surface area contributed by atoms with E-state index < -0.39 is 16.3 Å². The van der Waals surface area contributed by atoms with Crippen molar-refractivity contribution in [3.8, 4) is 0 Å². The summed E-state index contributed by atoms with van der Waals surface area (Å²) in [5.74, 6) is 0.526. The third-order valence-electron chi connectivity index (χ3n) is 3.66. The van der Waals surface area contributed by atoms with Crippen molar-refractivity contribution in [2.45, 2.75) is 38.6 Å². The van der Waals surface area contributed by atoms with Crippen molar-refractivity contribution < 1.29 is 8.42 Å². The molecule has 2 fully saturated rings. The molecule has 0 spiro atoms. The van der Waals surface area contributed by atoms with Crippen LogP contribution < -0.4 is 10.5 Å². The molecule has 1 saturated heterocycles. The number of hydrogen-bond acceptors (Lipinski definition) is 3. The Morgan fingerprint density at radius 3 is 2.61 bits per heavy atom. The maximum atomic E-state index is 12.2. The summed E-state index contributed by atoms with van der Waals surface area (Å²) in [4.78, 5) is 0. The summed E-state index contributed by atoms with van der Waals surface area (Å²) < 4.78 is 28.6. The van der Waals surface area contributed by atoms with Crippen LogP contribution >= 0.6 is 0 Å². The normalized spacial score (nSPS) is 27.9. The van der Waals surface area contributed by atoms with E-state index in [-0.39, 0.29) is 11.8 Å². The molecular formula is C11H22N4O2S. The van der Waals surface area contributed by atoms with E-state index in [9.17, 15) is 8.42 Å². The van der Waals surface area contributed by atoms with Crippen LogP contribution in [0.25, 0.3) is 0 Å². The van der Waals surface area contributed by atoms with E-state index in [1.807, 2.05) is 0 Å². The topological polar surface area (TPSA) is 99.3 Å². The second-order valence-electron chi connectivity index (χ2n) is 5.50. The van der Waals surface area contributed by atoms with Crippen LogP contribution in [0, 0.1) is 17.2 Å². The first kappa shape index (κ1) is 13.8. The highest BCUT2D eigenvalue weighted by Gasteiger charge is 2.38. The molecule has 2 aliphatic rings. The Morgan fingerprint density at radius 1 is 1.44 bits per heavy atom. The van der Waals surface area contributed by atoms with E-state index in [2.05, 4.69) is 11.6 Å². The van der Waals surface area contributed by atoms with Crippen LogP contribution in [0.5, 0.6) is 0 Å². The van der Waals surface area contributed by atoms with Gasteiger partial charge in [0.2, 0.25) is 0 Å². The summed E-state index contributed by atoms with van der Waals surface area (Å²) in [6.45, 7) is 3.19. The zero-order valence-electron chi connectivity index (χ0n) is 10.7. The predicted octanol–water partition coefficient (Wildman–Crippen LogP) is 0.267. The highest BCUT2D eigenvalue weighted by molar-refractivity contribution is 7.87. The Bertz CT molecular complexity index is 419. The molecule has 18 heavy (non-hydrogen) atoms. The van der Waals surface area contributed by atoms with Gasteiger partial charge in [0.25, 0.3) is 10.2 Å². The Hall–Kier alpha value is -0.660. The van der Waals surface area contributed by atoms with Crippen LogP contribution in [0.3, 0.4) is 0 Å². The molecule has 0 bridgehead atoms. The summed E-state index contributed by atoms with van der Waals surface area (Å²) in [6, 6.07) is -0.521. The van der Waals surface area contributed by atoms with Gasteiger partial charge in [-0.1, -0.05) is 6.92 Å². The van der Waals surface area contributed by atoms with Crippen molar-refractivity contribution in [3.63, 3.8) is 0 Å². The van der Waals surface area contributed by atoms with Crippen molar-refractivity contribution in [1.29, 1.82) is 5.41 Å². The van der Waals surface area contributed by atoms with E-state index in [1.165, 1.54) is 4.31 Å². The molecule has 6 nitrogen and oxygen atoms in total. The predicted molar refractivity (Wildman–Crippen MR) is 70.5 cm³/mol. The average molecular weight is 274 g/mol. The summed E-state index contributed by atoms with van der Waals surface area (Å²) >= 11 is 0. The van der Waals surface area contributed by atoms with Crippen LogP contribution in [-0.2, 0) is 10.2 Å². The standard InChI is InChI=1S/C11H22N4O2S/c1-8-3-2-6-15(7-8)18(16,17)14-10(11(12)13)9-4-5-9/h8-10,14H,2-7H2,1H3,(H3,12,13). The van der Waals surface area contributed by atoms with Gasteiger partial charge in [0.1, 0.15) is 5.84 Å². The molecular weight excluding hydrogens is 252 g/mol. The third-order valence-corrected chi connectivity index (χ3v) is 5.23. The van der Waals surface area contributed by atoms with Gasteiger partial charge in [-0.3, -0.25) is 5.41 Å². The van der Waals surface area contributed by atoms with Crippen molar-refractivity contribution >= 4 is 16.0 Å². The van der Waals surface area contributed by atoms with E-state index in [0.717, 1.165) is 25.7 Å². The number of hydrogen-bond donors (Lipinski definition) is 3. The largest absolute Gasteiger partial charge is 0.386 e. The number of amidine groups is 1. The third kappa shape index (κ3) is 3.21. The Morgan fingerprint density at radius 2 is 2.11 bits per heavy atom. The zero-order valence-corrected chi connectivity index (χ0v) is 11.5. The van der Waals surface area contributed by atoms with Gasteiger partial charge in [0.15, 0.2) is 0 Å². The number of nitrogens with two attached hydrogens (primary N) is 1. The van der Waals surface area contributed by atoms with Crippen molar-refractivity contribution in [1.82, 2.24) is 9.03 Å². The lowest BCUT2D eigenvalue weighted by molar-refractivity contribution is 0.277. The number of piperidine rings is 1. The maximum Gasteiger partial charge on any atom is 0.280 e. The van der Waals surface area contributed by atoms with Crippen LogP contribution in [0.1, 0.15) is 32.6 Å². The first-order valence-electron chi connectivity index (χ1n) is 6.51. The zero-order chi connectivity index (χ0) is 13.3. The fourth-order valence-electron chi connectivity index (χ4n) is 2.44. The molecule has 2 unspecified atom stereocenters. The summed E-state index contributed by atoms with van der Waals surface area (Å²) in [5, 5.41) is 7.49. The van der Waals surface area contributed by atoms with Crippen LogP contribution in [0.4, 0.5) is 0 Å². The fourth-order valence-corrected chi connectivity index (χ4v) is 4.05. The lowest BCUT2D eigenvalue weighted by Crippen LogP contribution is -2.52. The summed E-state index contributed by atoms with van der Waals surface area (Å²) in [7, 11) is -3.50. The molecule has 7 heteroatoms. The molecule has 1 heterocycles. The highest BCUT2D eigenvalue weighted by atomic mass is 32.2. The number of nitrogens with one attached hydrogen (secondary N) is 2. The number of rotatable bonds is 5. The molecule has 4 N–H and O–H groups in total. The first-order chi connectivity index (χ1) is 8.40. The highest BCUT2D eigenvalue weighted by Crippen LogP contribution is 2.33. The molecule has 1 aliphatic carbocycles. The van der Waals surface area contributed by atoms with Gasteiger partial charge >= 0.3 is 0 Å². The van der Waals surface area contributed by atoms with E-state index >= 15 is 0 Å². The van der Waals surface area contributed by atoms with Crippen LogP contribution in [0.15, 0.2) is 0 Å². The molecule has 0 aromatic heterocycles. The van der Waals surface area contributed by atoms with Crippen LogP contribution in [0.2, 0.25) is 0 Å². The molecule has 104 valence electrons. The van der Waals surface area contributed by atoms with Crippen molar-refractivity contribution in [2.24, 2.45) is 17.6 Å². The minimum atomic E-state index is -3.50. The van der Waals surface area contributed by atoms with Gasteiger partial charge in [0, 0.05) is 13.1 Å². The number of nitrogens with zero attached hydrogens (tertiary/aromatic N) is 1. The van der Waals surface area contributed by atoms with E-state index in [1.54, 1.807) is 0 Å². The maximum absolute atomic E-state index is 12.2. The quantitative estimate of drug-likeness (QED) is 0.495. The smallest absolute Gasteiger partial charge is 0.280 e. The molecule has 2 atom stereocenters. The lowest BCUT2D eigenvalue weighted by Gasteiger charge is -2.31. The van der Waals surface area contributed by atoms with Crippen molar-refractivity contribution in [3.05, 3.63) is 0 Å². The van der Waals surface area contributed by atoms with Crippen molar-refractivity contribution in [2.75, 3.05) is 13.1 Å². The van der Waals surface area contributed by atoms with Gasteiger partial charge in [-0.2, -0.15) is 17.4 Å². The van der Waals surface area contributed by atoms with Crippen LogP contribution in [-0.4, -0.2) is 37.7 Å². The molecule has 2 rings (SSSR count). The molecule has 1 aliphatic heterocycles. The molecule has 0 aromatic rings. The average Bonchev–Trinajstić information content (AvgIpc) is 3.09. The molecule has 0 aromatic carbocycles. The monoisotopic (exact) mass is 274 g/mol. The van der Waals surface area contributed by atoms with E-state index in [0.29, 0.717) is 19.0 Å². The van der Waals surface area contributed by atoms with Gasteiger partial charge in [-0.15, -0.1) is 0 Å². The minimum Gasteiger partial charge on any atom is -0.386 e. The fraction of sp³-hybridized carbons (Fsp3) is 0.909. The van der Waals surface area contributed by atoms with Gasteiger partial charge < -0.3 is 5.73 Å². The summed E-state index contributed by atoms with van der Waals surface area (Å²) in [5.41, 5.74) is 5.48. The minimum absolute atomic E-state index is 0.0777. The molecule has 0 amide bonds. The second-order valence-corrected chi connectivity index (χ2v) is 7.20. The summed E-state index contributed by atoms with van der Waals surface area (Å²) in [6.07, 6.45) is 3.87. The Labute approximate surface area is 109 Å². The van der Waals surface area contributed by atoms with Gasteiger partial charge in [-0.25, -0.2) is 0 Å². The van der Waals surface area contributed by atoms with Gasteiger partial charge in [0.05, 0.1) is 6.04 Å². The molecule has 0 radical (unpaired) electrons. The Kier molecular flexibility index (Phi) is 3.93. The van der Waals surface area contributed by atoms with Gasteiger partial charge in [-0.05, 0) is 37.5 Å². The lowest BCUT2D eigenvalue weighted by atomic mass is 10.0. The molecule has 1 saturated carbocycles. The Balaban J connectivity index is 2.03.